The molecule has 0 aromatic carbocycles. The zero-order valence-electron chi connectivity index (χ0n) is 38.4. The van der Waals surface area contributed by atoms with E-state index in [0.717, 1.165) is 44.9 Å². The van der Waals surface area contributed by atoms with Gasteiger partial charge in [0.1, 0.15) is 6.10 Å². The third-order valence-electron chi connectivity index (χ3n) is 11.0. The Morgan fingerprint density at radius 3 is 1.32 bits per heavy atom. The fraction of sp³-hybridized carbons (Fsp3) is 0.957. The molecule has 12 heteroatoms. The van der Waals surface area contributed by atoms with Crippen LogP contribution in [0.3, 0.4) is 0 Å². The fourth-order valence-electron chi connectivity index (χ4n) is 7.27. The van der Waals surface area contributed by atoms with Gasteiger partial charge in [-0.25, -0.2) is 4.57 Å². The molecule has 0 rings (SSSR count). The number of aliphatic hydroxyl groups is 2. The van der Waals surface area contributed by atoms with E-state index in [2.05, 4.69) is 13.8 Å². The molecule has 0 fully saturated rings. The van der Waals surface area contributed by atoms with Crippen molar-refractivity contribution in [2.75, 3.05) is 33.0 Å². The maximum Gasteiger partial charge on any atom is 0.472 e. The maximum atomic E-state index is 13.1. The SMILES string of the molecule is CCCCCCCCCCCCCCCCCCOC(CC(=O)OCC)C(COP(=O)(O)OC[C@@H](O)CCO)OC(=O)CCCCCCCCCCCCCCCCC. The molecule has 0 aromatic heterocycles. The molecule has 0 spiro atoms. The first-order valence-electron chi connectivity index (χ1n) is 24.6. The summed E-state index contributed by atoms with van der Waals surface area (Å²) in [5.74, 6) is -1.04. The van der Waals surface area contributed by atoms with E-state index in [1.807, 2.05) is 0 Å². The summed E-state index contributed by atoms with van der Waals surface area (Å²) < 4.78 is 39.9. The second-order valence-corrected chi connectivity index (χ2v) is 18.1. The Kier molecular flexibility index (Phi) is 42.8. The van der Waals surface area contributed by atoms with Crippen molar-refractivity contribution in [3.8, 4) is 0 Å². The van der Waals surface area contributed by atoms with E-state index < -0.39 is 51.3 Å². The monoisotopic (exact) mass is 865 g/mol. The van der Waals surface area contributed by atoms with Crippen molar-refractivity contribution in [2.45, 2.75) is 257 Å². The van der Waals surface area contributed by atoms with Gasteiger partial charge in [0.2, 0.25) is 0 Å². The summed E-state index contributed by atoms with van der Waals surface area (Å²) >= 11 is 0. The van der Waals surface area contributed by atoms with Crippen LogP contribution in [0.5, 0.6) is 0 Å². The Labute approximate surface area is 361 Å². The molecule has 0 aliphatic carbocycles. The smallest absolute Gasteiger partial charge is 0.466 e. The third kappa shape index (κ3) is 40.7. The molecule has 0 radical (unpaired) electrons. The van der Waals surface area contributed by atoms with Crippen molar-refractivity contribution in [1.29, 1.82) is 0 Å². The summed E-state index contributed by atoms with van der Waals surface area (Å²) in [6, 6.07) is 0. The van der Waals surface area contributed by atoms with E-state index in [-0.39, 0.29) is 32.5 Å². The highest BCUT2D eigenvalue weighted by molar-refractivity contribution is 7.47. The van der Waals surface area contributed by atoms with Gasteiger partial charge in [-0.05, 0) is 26.2 Å². The molecule has 59 heavy (non-hydrogen) atoms. The van der Waals surface area contributed by atoms with Crippen molar-refractivity contribution >= 4 is 19.8 Å². The fourth-order valence-corrected chi connectivity index (χ4v) is 8.04. The molecular formula is C47H93O11P. The minimum Gasteiger partial charge on any atom is -0.466 e. The Balaban J connectivity index is 4.84. The summed E-state index contributed by atoms with van der Waals surface area (Å²) in [7, 11) is -4.68. The van der Waals surface area contributed by atoms with E-state index in [1.54, 1.807) is 6.92 Å². The first kappa shape index (κ1) is 57.9. The Hall–Kier alpha value is -1.07. The first-order valence-corrected chi connectivity index (χ1v) is 26.1. The van der Waals surface area contributed by atoms with Crippen LogP contribution < -0.4 is 0 Å². The lowest BCUT2D eigenvalue weighted by Gasteiger charge is -2.27. The van der Waals surface area contributed by atoms with E-state index in [4.69, 9.17) is 28.4 Å². The van der Waals surface area contributed by atoms with Gasteiger partial charge in [-0.3, -0.25) is 18.6 Å². The third-order valence-corrected chi connectivity index (χ3v) is 11.9. The molecule has 11 nitrogen and oxygen atoms in total. The van der Waals surface area contributed by atoms with Gasteiger partial charge in [0.15, 0.2) is 6.10 Å². The van der Waals surface area contributed by atoms with Crippen molar-refractivity contribution in [3.05, 3.63) is 0 Å². The molecule has 0 aliphatic rings. The average molecular weight is 865 g/mol. The van der Waals surface area contributed by atoms with Gasteiger partial charge in [0.05, 0.1) is 32.3 Å². The molecule has 0 heterocycles. The largest absolute Gasteiger partial charge is 0.472 e. The van der Waals surface area contributed by atoms with Crippen LogP contribution in [0.1, 0.15) is 239 Å². The van der Waals surface area contributed by atoms with Crippen molar-refractivity contribution < 1.29 is 52.5 Å². The number of rotatable bonds is 47. The number of unbranched alkanes of at least 4 members (excludes halogenated alkanes) is 29. The number of ether oxygens (including phenoxy) is 3. The zero-order chi connectivity index (χ0) is 43.5. The van der Waals surface area contributed by atoms with E-state index in [1.165, 1.54) is 148 Å². The highest BCUT2D eigenvalue weighted by atomic mass is 31.2. The van der Waals surface area contributed by atoms with E-state index in [9.17, 15) is 24.2 Å². The lowest BCUT2D eigenvalue weighted by atomic mass is 10.0. The molecule has 0 saturated heterocycles. The zero-order valence-corrected chi connectivity index (χ0v) is 39.3. The summed E-state index contributed by atoms with van der Waals surface area (Å²) in [6.45, 7) is 5.30. The van der Waals surface area contributed by atoms with Gasteiger partial charge in [-0.1, -0.05) is 200 Å². The van der Waals surface area contributed by atoms with Crippen molar-refractivity contribution in [1.82, 2.24) is 0 Å². The molecule has 0 amide bonds. The van der Waals surface area contributed by atoms with Gasteiger partial charge >= 0.3 is 19.8 Å². The van der Waals surface area contributed by atoms with Gasteiger partial charge in [-0.2, -0.15) is 0 Å². The van der Waals surface area contributed by atoms with Crippen molar-refractivity contribution in [2.24, 2.45) is 0 Å². The minimum absolute atomic E-state index is 0.0334. The summed E-state index contributed by atoms with van der Waals surface area (Å²) in [5, 5.41) is 18.9. The average Bonchev–Trinajstić information content (AvgIpc) is 3.21. The molecule has 0 aliphatic heterocycles. The topological polar surface area (TPSA) is 158 Å². The lowest BCUT2D eigenvalue weighted by Crippen LogP contribution is -2.39. The van der Waals surface area contributed by atoms with Crippen LogP contribution in [0.2, 0.25) is 0 Å². The molecule has 3 unspecified atom stereocenters. The molecular weight excluding hydrogens is 771 g/mol. The minimum atomic E-state index is -4.68. The number of esters is 2. The van der Waals surface area contributed by atoms with E-state index >= 15 is 0 Å². The van der Waals surface area contributed by atoms with Crippen LogP contribution in [-0.2, 0) is 37.4 Å². The van der Waals surface area contributed by atoms with Crippen LogP contribution in [0.4, 0.5) is 0 Å². The number of aliphatic hydroxyl groups excluding tert-OH is 2. The highest BCUT2D eigenvalue weighted by Gasteiger charge is 2.33. The van der Waals surface area contributed by atoms with Gasteiger partial charge in [0.25, 0.3) is 0 Å². The Morgan fingerprint density at radius 2 is 0.915 bits per heavy atom. The summed E-state index contributed by atoms with van der Waals surface area (Å²) in [4.78, 5) is 36.0. The number of carbonyl (C=O) groups is 2. The number of phosphoric acid groups is 1. The molecule has 0 bridgehead atoms. The lowest BCUT2D eigenvalue weighted by molar-refractivity contribution is -0.167. The molecule has 352 valence electrons. The molecule has 0 saturated carbocycles. The van der Waals surface area contributed by atoms with Crippen LogP contribution in [-0.4, -0.2) is 78.4 Å². The summed E-state index contributed by atoms with van der Waals surface area (Å²) in [6.07, 6.45) is 34.8. The van der Waals surface area contributed by atoms with Gasteiger partial charge < -0.3 is 29.3 Å². The highest BCUT2D eigenvalue weighted by Crippen LogP contribution is 2.43. The van der Waals surface area contributed by atoms with Crippen LogP contribution in [0, 0.1) is 0 Å². The van der Waals surface area contributed by atoms with Crippen LogP contribution in [0.15, 0.2) is 0 Å². The Morgan fingerprint density at radius 1 is 0.525 bits per heavy atom. The van der Waals surface area contributed by atoms with E-state index in [0.29, 0.717) is 13.0 Å². The number of hydrogen-bond donors (Lipinski definition) is 3. The second kappa shape index (κ2) is 43.6. The predicted molar refractivity (Wildman–Crippen MR) is 239 cm³/mol. The first-order chi connectivity index (χ1) is 28.7. The number of carbonyl (C=O) groups excluding carboxylic acids is 2. The van der Waals surface area contributed by atoms with Gasteiger partial charge in [0, 0.05) is 19.6 Å². The normalized spacial score (nSPS) is 14.2. The molecule has 0 aromatic rings. The molecule has 3 N–H and O–H groups in total. The maximum absolute atomic E-state index is 13.1. The summed E-state index contributed by atoms with van der Waals surface area (Å²) in [5.41, 5.74) is 0. The van der Waals surface area contributed by atoms with Crippen molar-refractivity contribution in [3.63, 3.8) is 0 Å². The van der Waals surface area contributed by atoms with Crippen LogP contribution >= 0.6 is 7.82 Å². The molecule has 4 atom stereocenters. The quantitative estimate of drug-likeness (QED) is 0.0304. The van der Waals surface area contributed by atoms with Gasteiger partial charge in [-0.15, -0.1) is 0 Å². The predicted octanol–water partition coefficient (Wildman–Crippen LogP) is 12.6. The van der Waals surface area contributed by atoms with Crippen LogP contribution in [0.25, 0.3) is 0 Å². The number of hydrogen-bond acceptors (Lipinski definition) is 10. The standard InChI is InChI=1S/C47H93O11P/c1-4-7-9-11-13-15-17-19-21-23-25-27-29-31-33-35-39-55-44(40-47(51)54-6-3)45(42-57-59(52,53)56-41-43(49)37-38-48)58-46(50)36-34-32-30-28-26-24-22-20-18-16-14-12-10-8-5-2/h43-45,48-49H,4-42H2,1-3H3,(H,52,53)/t43-,44?,45?/m0/s1. The second-order valence-electron chi connectivity index (χ2n) is 16.7. The number of phosphoric ester groups is 1. The Bertz CT molecular complexity index is 968.